The van der Waals surface area contributed by atoms with Gasteiger partial charge < -0.3 is 9.88 Å². The maximum atomic E-state index is 13.2. The van der Waals surface area contributed by atoms with Crippen LogP contribution >= 0.6 is 11.8 Å². The largest absolute Gasteiger partial charge is 0.325 e. The molecule has 0 aliphatic heterocycles. The summed E-state index contributed by atoms with van der Waals surface area (Å²) in [6.45, 7) is 8.15. The van der Waals surface area contributed by atoms with Crippen molar-refractivity contribution in [2.24, 2.45) is 0 Å². The molecule has 0 saturated carbocycles. The van der Waals surface area contributed by atoms with Crippen LogP contribution in [0.15, 0.2) is 60.0 Å². The number of aryl methyl sites for hydroxylation is 2. The van der Waals surface area contributed by atoms with E-state index in [0.717, 1.165) is 27.5 Å². The van der Waals surface area contributed by atoms with Gasteiger partial charge in [-0.3, -0.25) is 4.79 Å². The Hall–Kier alpha value is -2.60. The van der Waals surface area contributed by atoms with Crippen molar-refractivity contribution in [2.75, 3.05) is 5.32 Å². The highest BCUT2D eigenvalue weighted by Crippen LogP contribution is 2.36. The molecule has 27 heavy (non-hydrogen) atoms. The van der Waals surface area contributed by atoms with Crippen molar-refractivity contribution in [1.82, 2.24) is 14.8 Å². The summed E-state index contributed by atoms with van der Waals surface area (Å²) in [4.78, 5) is 13.2. The van der Waals surface area contributed by atoms with Crippen LogP contribution in [0.5, 0.6) is 0 Å². The smallest absolute Gasteiger partial charge is 0.242 e. The van der Waals surface area contributed by atoms with Gasteiger partial charge in [0.15, 0.2) is 5.16 Å². The van der Waals surface area contributed by atoms with Gasteiger partial charge >= 0.3 is 0 Å². The SMILES string of the molecule is Cc1ccc(C)c(NC(=O)[C@@H](Sc2nncn2C(C)C)c2ccccc2)c1. The minimum absolute atomic E-state index is 0.0711. The van der Waals surface area contributed by atoms with Crippen molar-refractivity contribution in [1.29, 1.82) is 0 Å². The van der Waals surface area contributed by atoms with E-state index in [4.69, 9.17) is 0 Å². The number of aromatic nitrogens is 3. The van der Waals surface area contributed by atoms with Crippen molar-refractivity contribution >= 4 is 23.4 Å². The molecule has 0 spiro atoms. The Morgan fingerprint density at radius 1 is 1.11 bits per heavy atom. The number of thioether (sulfide) groups is 1. The van der Waals surface area contributed by atoms with Crippen LogP contribution in [0.1, 0.15) is 41.8 Å². The molecule has 5 nitrogen and oxygen atoms in total. The fraction of sp³-hybridized carbons (Fsp3) is 0.286. The number of benzene rings is 2. The number of anilines is 1. The van der Waals surface area contributed by atoms with Gasteiger partial charge in [-0.05, 0) is 50.5 Å². The lowest BCUT2D eigenvalue weighted by Gasteiger charge is -2.19. The summed E-state index contributed by atoms with van der Waals surface area (Å²) in [6.07, 6.45) is 1.71. The topological polar surface area (TPSA) is 59.8 Å². The number of amides is 1. The second kappa shape index (κ2) is 8.39. The molecule has 1 amide bonds. The molecule has 0 aliphatic carbocycles. The minimum atomic E-state index is -0.423. The number of hydrogen-bond acceptors (Lipinski definition) is 4. The van der Waals surface area contributed by atoms with Crippen LogP contribution in [0.4, 0.5) is 5.69 Å². The van der Waals surface area contributed by atoms with Gasteiger partial charge in [0, 0.05) is 11.7 Å². The standard InChI is InChI=1S/C21H24N4OS/c1-14(2)25-13-22-24-21(25)27-19(17-8-6-5-7-9-17)20(26)23-18-12-15(3)10-11-16(18)4/h5-14,19H,1-4H3,(H,23,26)/t19-/m0/s1. The highest BCUT2D eigenvalue weighted by Gasteiger charge is 2.25. The van der Waals surface area contributed by atoms with E-state index in [1.165, 1.54) is 11.8 Å². The lowest BCUT2D eigenvalue weighted by molar-refractivity contribution is -0.115. The van der Waals surface area contributed by atoms with E-state index < -0.39 is 5.25 Å². The van der Waals surface area contributed by atoms with E-state index in [1.807, 2.05) is 66.9 Å². The van der Waals surface area contributed by atoms with Crippen LogP contribution in [0, 0.1) is 13.8 Å². The first-order valence-electron chi connectivity index (χ1n) is 8.95. The van der Waals surface area contributed by atoms with Gasteiger partial charge in [0.2, 0.25) is 5.91 Å². The molecule has 0 radical (unpaired) electrons. The molecule has 1 aromatic heterocycles. The molecule has 3 aromatic rings. The molecule has 1 atom stereocenters. The average molecular weight is 381 g/mol. The highest BCUT2D eigenvalue weighted by molar-refractivity contribution is 8.00. The van der Waals surface area contributed by atoms with Crippen LogP contribution in [0.2, 0.25) is 0 Å². The van der Waals surface area contributed by atoms with E-state index in [9.17, 15) is 4.79 Å². The number of nitrogens with zero attached hydrogens (tertiary/aromatic N) is 3. The van der Waals surface area contributed by atoms with Gasteiger partial charge in [0.25, 0.3) is 0 Å². The molecule has 0 fully saturated rings. The van der Waals surface area contributed by atoms with E-state index in [-0.39, 0.29) is 11.9 Å². The molecule has 1 N–H and O–H groups in total. The van der Waals surface area contributed by atoms with Gasteiger partial charge in [-0.15, -0.1) is 10.2 Å². The first kappa shape index (κ1) is 19.2. The van der Waals surface area contributed by atoms with Crippen LogP contribution in [0.3, 0.4) is 0 Å². The second-order valence-electron chi connectivity index (χ2n) is 6.83. The Morgan fingerprint density at radius 3 is 2.56 bits per heavy atom. The van der Waals surface area contributed by atoms with Crippen molar-refractivity contribution in [2.45, 2.75) is 44.1 Å². The molecule has 0 unspecified atom stereocenters. The van der Waals surface area contributed by atoms with Crippen LogP contribution in [-0.4, -0.2) is 20.7 Å². The summed E-state index contributed by atoms with van der Waals surface area (Å²) >= 11 is 1.42. The summed E-state index contributed by atoms with van der Waals surface area (Å²) in [5, 5.41) is 11.6. The molecule has 140 valence electrons. The quantitative estimate of drug-likeness (QED) is 0.615. The molecule has 0 saturated heterocycles. The number of carbonyl (C=O) groups excluding carboxylic acids is 1. The van der Waals surface area contributed by atoms with E-state index in [1.54, 1.807) is 6.33 Å². The molecule has 0 aliphatic rings. The van der Waals surface area contributed by atoms with Crippen LogP contribution in [-0.2, 0) is 4.79 Å². The zero-order valence-corrected chi connectivity index (χ0v) is 16.8. The maximum Gasteiger partial charge on any atom is 0.242 e. The van der Waals surface area contributed by atoms with Gasteiger partial charge in [0.05, 0.1) is 0 Å². The summed E-state index contributed by atoms with van der Waals surface area (Å²) < 4.78 is 1.98. The fourth-order valence-electron chi connectivity index (χ4n) is 2.75. The fourth-order valence-corrected chi connectivity index (χ4v) is 3.89. The Kier molecular flexibility index (Phi) is 5.96. The van der Waals surface area contributed by atoms with Gasteiger partial charge in [0.1, 0.15) is 11.6 Å². The van der Waals surface area contributed by atoms with Crippen LogP contribution < -0.4 is 5.32 Å². The summed E-state index contributed by atoms with van der Waals surface area (Å²) in [6, 6.07) is 16.1. The summed E-state index contributed by atoms with van der Waals surface area (Å²) in [5.74, 6) is -0.0711. The number of carbonyl (C=O) groups is 1. The first-order chi connectivity index (χ1) is 13.0. The zero-order chi connectivity index (χ0) is 19.4. The Labute approximate surface area is 164 Å². The lowest BCUT2D eigenvalue weighted by Crippen LogP contribution is -2.20. The summed E-state index contributed by atoms with van der Waals surface area (Å²) in [7, 11) is 0. The minimum Gasteiger partial charge on any atom is -0.325 e. The van der Waals surface area contributed by atoms with E-state index >= 15 is 0 Å². The maximum absolute atomic E-state index is 13.2. The zero-order valence-electron chi connectivity index (χ0n) is 16.0. The van der Waals surface area contributed by atoms with Crippen molar-refractivity contribution in [3.05, 3.63) is 71.5 Å². The van der Waals surface area contributed by atoms with Gasteiger partial charge in [-0.1, -0.05) is 54.2 Å². The third-order valence-corrected chi connectivity index (χ3v) is 5.54. The number of hydrogen-bond donors (Lipinski definition) is 1. The van der Waals surface area contributed by atoms with Crippen molar-refractivity contribution in [3.63, 3.8) is 0 Å². The lowest BCUT2D eigenvalue weighted by atomic mass is 10.1. The predicted molar refractivity (Wildman–Crippen MR) is 110 cm³/mol. The molecule has 2 aromatic carbocycles. The molecular weight excluding hydrogens is 356 g/mol. The Balaban J connectivity index is 1.91. The monoisotopic (exact) mass is 380 g/mol. The van der Waals surface area contributed by atoms with Gasteiger partial charge in [-0.25, -0.2) is 0 Å². The normalized spacial score (nSPS) is 12.2. The predicted octanol–water partition coefficient (Wildman–Crippen LogP) is 4.95. The highest BCUT2D eigenvalue weighted by atomic mass is 32.2. The molecular formula is C21H24N4OS. The Morgan fingerprint density at radius 2 is 1.85 bits per heavy atom. The Bertz CT molecular complexity index is 921. The van der Waals surface area contributed by atoms with E-state index in [0.29, 0.717) is 0 Å². The number of nitrogens with one attached hydrogen (secondary N) is 1. The van der Waals surface area contributed by atoms with Crippen molar-refractivity contribution < 1.29 is 4.79 Å². The van der Waals surface area contributed by atoms with Gasteiger partial charge in [-0.2, -0.15) is 0 Å². The van der Waals surface area contributed by atoms with E-state index in [2.05, 4.69) is 29.4 Å². The third kappa shape index (κ3) is 4.57. The summed E-state index contributed by atoms with van der Waals surface area (Å²) in [5.41, 5.74) is 3.92. The van der Waals surface area contributed by atoms with Crippen molar-refractivity contribution in [3.8, 4) is 0 Å². The molecule has 1 heterocycles. The second-order valence-corrected chi connectivity index (χ2v) is 7.90. The molecule has 3 rings (SSSR count). The van der Waals surface area contributed by atoms with Crippen LogP contribution in [0.25, 0.3) is 0 Å². The number of rotatable bonds is 6. The first-order valence-corrected chi connectivity index (χ1v) is 9.83. The third-order valence-electron chi connectivity index (χ3n) is 4.31. The molecule has 6 heteroatoms. The average Bonchev–Trinajstić information content (AvgIpc) is 3.12. The molecule has 0 bridgehead atoms.